The molecule has 0 atom stereocenters. The first-order valence-corrected chi connectivity index (χ1v) is 9.60. The van der Waals surface area contributed by atoms with Crippen LogP contribution in [0.25, 0.3) is 0 Å². The molecule has 5 heteroatoms. The van der Waals surface area contributed by atoms with E-state index in [0.29, 0.717) is 16.3 Å². The Bertz CT molecular complexity index is 711. The summed E-state index contributed by atoms with van der Waals surface area (Å²) in [6, 6.07) is 5.15. The third-order valence-electron chi connectivity index (χ3n) is 4.38. The first kappa shape index (κ1) is 17.4. The predicted octanol–water partition coefficient (Wildman–Crippen LogP) is 5.62. The van der Waals surface area contributed by atoms with Crippen LogP contribution in [-0.4, -0.2) is 24.3 Å². The van der Waals surface area contributed by atoms with Crippen LogP contribution in [0.2, 0.25) is 5.02 Å². The van der Waals surface area contributed by atoms with Crippen molar-refractivity contribution in [1.82, 2.24) is 4.90 Å². The Labute approximate surface area is 152 Å². The van der Waals surface area contributed by atoms with E-state index < -0.39 is 0 Å². The van der Waals surface area contributed by atoms with Crippen molar-refractivity contribution in [2.45, 2.75) is 39.0 Å². The zero-order chi connectivity index (χ0) is 17.1. The Morgan fingerprint density at radius 1 is 1.42 bits per heavy atom. The lowest BCUT2D eigenvalue weighted by Gasteiger charge is -2.22. The van der Waals surface area contributed by atoms with Crippen molar-refractivity contribution >= 4 is 29.1 Å². The molecule has 0 bridgehead atoms. The molecule has 128 valence electrons. The molecule has 3 rings (SSSR count). The van der Waals surface area contributed by atoms with Gasteiger partial charge < -0.3 is 9.64 Å². The SMILES string of the molecule is CCCCN1C(=CC(=O)c2cc(Cl)ccc2OC)SC2=C1CCC2. The molecule has 1 aromatic rings. The van der Waals surface area contributed by atoms with Crippen LogP contribution in [0.1, 0.15) is 49.4 Å². The van der Waals surface area contributed by atoms with Crippen LogP contribution >= 0.6 is 23.4 Å². The summed E-state index contributed by atoms with van der Waals surface area (Å²) in [5.41, 5.74) is 1.94. The third kappa shape index (κ3) is 3.50. The van der Waals surface area contributed by atoms with Crippen LogP contribution in [0.15, 0.2) is 39.9 Å². The molecule has 0 saturated carbocycles. The van der Waals surface area contributed by atoms with Crippen molar-refractivity contribution in [2.75, 3.05) is 13.7 Å². The van der Waals surface area contributed by atoms with Gasteiger partial charge >= 0.3 is 0 Å². The number of nitrogens with zero attached hydrogens (tertiary/aromatic N) is 1. The fourth-order valence-corrected chi connectivity index (χ4v) is 4.62. The molecule has 0 spiro atoms. The van der Waals surface area contributed by atoms with Crippen molar-refractivity contribution in [3.8, 4) is 5.75 Å². The molecular weight excluding hydrogens is 342 g/mol. The first-order valence-electron chi connectivity index (χ1n) is 8.41. The molecule has 1 aliphatic carbocycles. The molecule has 1 heterocycles. The number of halogens is 1. The maximum atomic E-state index is 12.8. The molecule has 1 aliphatic heterocycles. The molecule has 0 unspecified atom stereocenters. The summed E-state index contributed by atoms with van der Waals surface area (Å²) in [6.07, 6.45) is 7.50. The molecule has 0 fully saturated rings. The Kier molecular flexibility index (Phi) is 5.57. The van der Waals surface area contributed by atoms with Crippen molar-refractivity contribution in [3.05, 3.63) is 50.5 Å². The van der Waals surface area contributed by atoms with Gasteiger partial charge in [-0.25, -0.2) is 0 Å². The van der Waals surface area contributed by atoms with Crippen LogP contribution in [-0.2, 0) is 0 Å². The lowest BCUT2D eigenvalue weighted by atomic mass is 10.1. The van der Waals surface area contributed by atoms with Crippen LogP contribution in [0, 0.1) is 0 Å². The minimum atomic E-state index is -0.0560. The van der Waals surface area contributed by atoms with Gasteiger partial charge in [-0.2, -0.15) is 0 Å². The van der Waals surface area contributed by atoms with E-state index in [1.807, 2.05) is 0 Å². The van der Waals surface area contributed by atoms with E-state index in [9.17, 15) is 4.79 Å². The van der Waals surface area contributed by atoms with Gasteiger partial charge in [-0.15, -0.1) is 0 Å². The summed E-state index contributed by atoms with van der Waals surface area (Å²) >= 11 is 7.81. The molecule has 0 N–H and O–H groups in total. The zero-order valence-corrected chi connectivity index (χ0v) is 15.7. The molecule has 3 nitrogen and oxygen atoms in total. The van der Waals surface area contributed by atoms with Gasteiger partial charge in [0.05, 0.1) is 17.7 Å². The summed E-state index contributed by atoms with van der Waals surface area (Å²) in [5, 5.41) is 1.58. The number of hydrogen-bond donors (Lipinski definition) is 0. The Hall–Kier alpha value is -1.39. The molecule has 24 heavy (non-hydrogen) atoms. The maximum Gasteiger partial charge on any atom is 0.192 e. The number of carbonyl (C=O) groups excluding carboxylic acids is 1. The highest BCUT2D eigenvalue weighted by Gasteiger charge is 2.31. The van der Waals surface area contributed by atoms with Crippen molar-refractivity contribution in [3.63, 3.8) is 0 Å². The van der Waals surface area contributed by atoms with Crippen molar-refractivity contribution in [2.24, 2.45) is 0 Å². The summed E-state index contributed by atoms with van der Waals surface area (Å²) < 4.78 is 5.31. The largest absolute Gasteiger partial charge is 0.496 e. The van der Waals surface area contributed by atoms with Crippen LogP contribution in [0.5, 0.6) is 5.75 Å². The van der Waals surface area contributed by atoms with Crippen molar-refractivity contribution < 1.29 is 9.53 Å². The van der Waals surface area contributed by atoms with Gasteiger partial charge in [0.2, 0.25) is 0 Å². The van der Waals surface area contributed by atoms with Gasteiger partial charge in [0.1, 0.15) is 5.75 Å². The summed E-state index contributed by atoms with van der Waals surface area (Å²) in [5.74, 6) is 0.504. The zero-order valence-electron chi connectivity index (χ0n) is 14.1. The molecule has 0 amide bonds. The lowest BCUT2D eigenvalue weighted by Crippen LogP contribution is -2.19. The minimum Gasteiger partial charge on any atom is -0.496 e. The van der Waals surface area contributed by atoms with E-state index in [1.165, 1.54) is 17.0 Å². The Morgan fingerprint density at radius 3 is 3.00 bits per heavy atom. The van der Waals surface area contributed by atoms with Gasteiger partial charge in [-0.05, 0) is 43.9 Å². The first-order chi connectivity index (χ1) is 11.6. The van der Waals surface area contributed by atoms with Gasteiger partial charge in [0.25, 0.3) is 0 Å². The summed E-state index contributed by atoms with van der Waals surface area (Å²) in [4.78, 5) is 16.6. The number of allylic oxidation sites excluding steroid dienone is 3. The van der Waals surface area contributed by atoms with E-state index in [2.05, 4.69) is 11.8 Å². The fourth-order valence-electron chi connectivity index (χ4n) is 3.14. The van der Waals surface area contributed by atoms with Gasteiger partial charge in [-0.3, -0.25) is 4.79 Å². The quantitative estimate of drug-likeness (QED) is 0.484. The maximum absolute atomic E-state index is 12.8. The van der Waals surface area contributed by atoms with E-state index in [1.54, 1.807) is 43.1 Å². The van der Waals surface area contributed by atoms with Crippen LogP contribution in [0.3, 0.4) is 0 Å². The second kappa shape index (κ2) is 7.66. The highest BCUT2D eigenvalue weighted by molar-refractivity contribution is 8.07. The minimum absolute atomic E-state index is 0.0560. The van der Waals surface area contributed by atoms with E-state index in [4.69, 9.17) is 16.3 Å². The Balaban J connectivity index is 1.87. The number of carbonyl (C=O) groups is 1. The smallest absolute Gasteiger partial charge is 0.192 e. The molecule has 1 aromatic carbocycles. The van der Waals surface area contributed by atoms with Crippen molar-refractivity contribution in [1.29, 1.82) is 0 Å². The standard InChI is InChI=1S/C19H22ClNO2S/c1-3-4-10-21-15-6-5-7-18(15)24-19(21)12-16(22)14-11-13(20)8-9-17(14)23-2/h8-9,11-12H,3-7,10H2,1-2H3. The highest BCUT2D eigenvalue weighted by atomic mass is 35.5. The monoisotopic (exact) mass is 363 g/mol. The van der Waals surface area contributed by atoms with E-state index in [-0.39, 0.29) is 5.78 Å². The van der Waals surface area contributed by atoms with Crippen LogP contribution < -0.4 is 4.74 Å². The number of benzene rings is 1. The lowest BCUT2D eigenvalue weighted by molar-refractivity contribution is 0.104. The molecule has 0 saturated heterocycles. The van der Waals surface area contributed by atoms with Gasteiger partial charge in [-0.1, -0.05) is 36.7 Å². The van der Waals surface area contributed by atoms with E-state index in [0.717, 1.165) is 37.3 Å². The van der Waals surface area contributed by atoms with Gasteiger partial charge in [0.15, 0.2) is 5.78 Å². The number of ketones is 1. The third-order valence-corrected chi connectivity index (χ3v) is 5.84. The number of methoxy groups -OCH3 is 1. The number of rotatable bonds is 6. The fraction of sp³-hybridized carbons (Fsp3) is 0.421. The number of unbranched alkanes of at least 4 members (excludes halogenated alkanes) is 1. The van der Waals surface area contributed by atoms with Gasteiger partial charge in [0, 0.05) is 28.2 Å². The highest BCUT2D eigenvalue weighted by Crippen LogP contribution is 2.49. The predicted molar refractivity (Wildman–Crippen MR) is 100 cm³/mol. The summed E-state index contributed by atoms with van der Waals surface area (Å²) in [6.45, 7) is 3.17. The second-order valence-corrected chi connectivity index (χ2v) is 7.57. The van der Waals surface area contributed by atoms with Crippen LogP contribution in [0.4, 0.5) is 0 Å². The molecule has 0 aromatic heterocycles. The molecule has 2 aliphatic rings. The molecule has 0 radical (unpaired) electrons. The number of thioether (sulfide) groups is 1. The normalized spacial score (nSPS) is 18.5. The topological polar surface area (TPSA) is 29.5 Å². The summed E-state index contributed by atoms with van der Waals surface area (Å²) in [7, 11) is 1.57. The number of ether oxygens (including phenoxy) is 1. The molecular formula is C19H22ClNO2S. The second-order valence-electron chi connectivity index (χ2n) is 6.02. The van der Waals surface area contributed by atoms with E-state index >= 15 is 0 Å². The average molecular weight is 364 g/mol. The average Bonchev–Trinajstić information content (AvgIpc) is 3.14. The Morgan fingerprint density at radius 2 is 2.25 bits per heavy atom. The number of hydrogen-bond acceptors (Lipinski definition) is 4.